The second-order valence-corrected chi connectivity index (χ2v) is 6.01. The van der Waals surface area contributed by atoms with Crippen LogP contribution in [-0.2, 0) is 16.1 Å². The summed E-state index contributed by atoms with van der Waals surface area (Å²) in [4.78, 5) is 19.2. The van der Waals surface area contributed by atoms with Gasteiger partial charge in [0, 0.05) is 18.7 Å². The van der Waals surface area contributed by atoms with Gasteiger partial charge < -0.3 is 14.2 Å². The Hall–Kier alpha value is -2.73. The lowest BCUT2D eigenvalue weighted by Crippen LogP contribution is -2.42. The molecule has 0 aliphatic carbocycles. The van der Waals surface area contributed by atoms with E-state index >= 15 is 0 Å². The van der Waals surface area contributed by atoms with E-state index in [0.29, 0.717) is 32.1 Å². The number of carbonyl (C=O) groups excluding carboxylic acids is 1. The quantitative estimate of drug-likeness (QED) is 0.737. The van der Waals surface area contributed by atoms with Gasteiger partial charge in [-0.3, -0.25) is 4.79 Å². The molecule has 25 heavy (non-hydrogen) atoms. The van der Waals surface area contributed by atoms with E-state index in [9.17, 15) is 9.18 Å². The highest BCUT2D eigenvalue weighted by Crippen LogP contribution is 2.25. The van der Waals surface area contributed by atoms with Crippen LogP contribution < -0.4 is 0 Å². The molecule has 6 heteroatoms. The van der Waals surface area contributed by atoms with Crippen molar-refractivity contribution in [2.45, 2.75) is 6.54 Å². The SMILES string of the molecule is O=C(Cn1c(-c2ccc(F)cc2)nc2ccccc21)N1CCOCC1. The van der Waals surface area contributed by atoms with Crippen LogP contribution in [0.2, 0.25) is 0 Å². The Labute approximate surface area is 144 Å². The molecule has 128 valence electrons. The van der Waals surface area contributed by atoms with Crippen molar-refractivity contribution < 1.29 is 13.9 Å². The number of rotatable bonds is 3. The van der Waals surface area contributed by atoms with E-state index < -0.39 is 0 Å². The van der Waals surface area contributed by atoms with Crippen LogP contribution in [-0.4, -0.2) is 46.7 Å². The van der Waals surface area contributed by atoms with Crippen molar-refractivity contribution in [2.75, 3.05) is 26.3 Å². The first kappa shape index (κ1) is 15.8. The summed E-state index contributed by atoms with van der Waals surface area (Å²) < 4.78 is 20.5. The van der Waals surface area contributed by atoms with E-state index in [4.69, 9.17) is 4.74 Å². The van der Waals surface area contributed by atoms with Gasteiger partial charge in [-0.05, 0) is 36.4 Å². The molecule has 0 saturated carbocycles. The molecule has 2 heterocycles. The third kappa shape index (κ3) is 3.13. The van der Waals surface area contributed by atoms with Crippen LogP contribution in [0.25, 0.3) is 22.4 Å². The fourth-order valence-corrected chi connectivity index (χ4v) is 3.10. The Bertz CT molecular complexity index is 899. The van der Waals surface area contributed by atoms with E-state index in [0.717, 1.165) is 16.6 Å². The number of carbonyl (C=O) groups is 1. The van der Waals surface area contributed by atoms with Crippen molar-refractivity contribution in [3.63, 3.8) is 0 Å². The second-order valence-electron chi connectivity index (χ2n) is 6.01. The summed E-state index contributed by atoms with van der Waals surface area (Å²) in [6.45, 7) is 2.56. The van der Waals surface area contributed by atoms with Crippen LogP contribution in [0.1, 0.15) is 0 Å². The summed E-state index contributed by atoms with van der Waals surface area (Å²) in [5.41, 5.74) is 2.49. The maximum atomic E-state index is 13.3. The Balaban J connectivity index is 1.74. The highest BCUT2D eigenvalue weighted by atomic mass is 19.1. The molecule has 2 aromatic carbocycles. The Kier molecular flexibility index (Phi) is 4.19. The van der Waals surface area contributed by atoms with Crippen LogP contribution in [0.5, 0.6) is 0 Å². The zero-order valence-electron chi connectivity index (χ0n) is 13.7. The van der Waals surface area contributed by atoms with Gasteiger partial charge in [0.1, 0.15) is 18.2 Å². The van der Waals surface area contributed by atoms with Gasteiger partial charge in [-0.1, -0.05) is 12.1 Å². The van der Waals surface area contributed by atoms with Crippen LogP contribution in [0.3, 0.4) is 0 Å². The van der Waals surface area contributed by atoms with Crippen molar-refractivity contribution in [1.82, 2.24) is 14.5 Å². The number of hydrogen-bond acceptors (Lipinski definition) is 3. The number of halogens is 1. The number of ether oxygens (including phenoxy) is 1. The number of morpholine rings is 1. The first-order chi connectivity index (χ1) is 12.2. The molecular formula is C19H18FN3O2. The van der Waals surface area contributed by atoms with E-state index in [1.165, 1.54) is 12.1 Å². The Morgan fingerprint density at radius 1 is 1.08 bits per heavy atom. The number of fused-ring (bicyclic) bond motifs is 1. The standard InChI is InChI=1S/C19H18FN3O2/c20-15-7-5-14(6-8-15)19-21-16-3-1-2-4-17(16)23(19)13-18(24)22-9-11-25-12-10-22/h1-8H,9-13H2. The fourth-order valence-electron chi connectivity index (χ4n) is 3.10. The summed E-state index contributed by atoms with van der Waals surface area (Å²) >= 11 is 0. The minimum Gasteiger partial charge on any atom is -0.378 e. The highest BCUT2D eigenvalue weighted by molar-refractivity contribution is 5.84. The molecule has 1 aliphatic rings. The summed E-state index contributed by atoms with van der Waals surface area (Å²) in [6.07, 6.45) is 0. The molecule has 0 unspecified atom stereocenters. The molecule has 1 saturated heterocycles. The van der Waals surface area contributed by atoms with Gasteiger partial charge in [0.15, 0.2) is 0 Å². The van der Waals surface area contributed by atoms with Crippen molar-refractivity contribution in [2.24, 2.45) is 0 Å². The fraction of sp³-hybridized carbons (Fsp3) is 0.263. The molecule has 1 amide bonds. The maximum absolute atomic E-state index is 13.3. The lowest BCUT2D eigenvalue weighted by molar-refractivity contribution is -0.135. The minimum atomic E-state index is -0.296. The smallest absolute Gasteiger partial charge is 0.242 e. The molecule has 4 rings (SSSR count). The van der Waals surface area contributed by atoms with Gasteiger partial charge in [0.25, 0.3) is 0 Å². The average Bonchev–Trinajstić information content (AvgIpc) is 3.02. The van der Waals surface area contributed by atoms with Gasteiger partial charge >= 0.3 is 0 Å². The summed E-state index contributed by atoms with van der Waals surface area (Å²) in [6, 6.07) is 13.9. The normalized spacial score (nSPS) is 14.8. The molecular weight excluding hydrogens is 321 g/mol. The van der Waals surface area contributed by atoms with Gasteiger partial charge in [0.2, 0.25) is 5.91 Å². The number of amides is 1. The molecule has 1 fully saturated rings. The summed E-state index contributed by atoms with van der Waals surface area (Å²) in [5, 5.41) is 0. The van der Waals surface area contributed by atoms with Crippen LogP contribution in [0.15, 0.2) is 48.5 Å². The first-order valence-corrected chi connectivity index (χ1v) is 8.29. The molecule has 0 N–H and O–H groups in total. The molecule has 0 bridgehead atoms. The van der Waals surface area contributed by atoms with E-state index in [-0.39, 0.29) is 18.3 Å². The molecule has 1 aromatic heterocycles. The Morgan fingerprint density at radius 3 is 2.56 bits per heavy atom. The van der Waals surface area contributed by atoms with Gasteiger partial charge in [0.05, 0.1) is 24.2 Å². The van der Waals surface area contributed by atoms with Crippen molar-refractivity contribution in [3.05, 3.63) is 54.3 Å². The topological polar surface area (TPSA) is 47.4 Å². The largest absolute Gasteiger partial charge is 0.378 e. The van der Waals surface area contributed by atoms with Gasteiger partial charge in [-0.2, -0.15) is 0 Å². The number of para-hydroxylation sites is 2. The zero-order valence-corrected chi connectivity index (χ0v) is 13.7. The van der Waals surface area contributed by atoms with Crippen molar-refractivity contribution in [1.29, 1.82) is 0 Å². The number of benzene rings is 2. The number of aromatic nitrogens is 2. The van der Waals surface area contributed by atoms with E-state index in [2.05, 4.69) is 4.98 Å². The number of hydrogen-bond donors (Lipinski definition) is 0. The van der Waals surface area contributed by atoms with Crippen LogP contribution >= 0.6 is 0 Å². The molecule has 1 aliphatic heterocycles. The van der Waals surface area contributed by atoms with E-state index in [1.54, 1.807) is 12.1 Å². The first-order valence-electron chi connectivity index (χ1n) is 8.29. The van der Waals surface area contributed by atoms with Crippen molar-refractivity contribution >= 4 is 16.9 Å². The molecule has 5 nitrogen and oxygen atoms in total. The highest BCUT2D eigenvalue weighted by Gasteiger charge is 2.20. The summed E-state index contributed by atoms with van der Waals surface area (Å²) in [5.74, 6) is 0.411. The lowest BCUT2D eigenvalue weighted by atomic mass is 10.2. The number of nitrogens with zero attached hydrogens (tertiary/aromatic N) is 3. The summed E-state index contributed by atoms with van der Waals surface area (Å²) in [7, 11) is 0. The van der Waals surface area contributed by atoms with E-state index in [1.807, 2.05) is 33.7 Å². The third-order valence-corrected chi connectivity index (χ3v) is 4.41. The molecule has 0 radical (unpaired) electrons. The monoisotopic (exact) mass is 339 g/mol. The van der Waals surface area contributed by atoms with Gasteiger partial charge in [-0.15, -0.1) is 0 Å². The lowest BCUT2D eigenvalue weighted by Gasteiger charge is -2.27. The zero-order chi connectivity index (χ0) is 17.2. The molecule has 0 atom stereocenters. The maximum Gasteiger partial charge on any atom is 0.242 e. The van der Waals surface area contributed by atoms with Crippen LogP contribution in [0.4, 0.5) is 4.39 Å². The molecule has 3 aromatic rings. The average molecular weight is 339 g/mol. The third-order valence-electron chi connectivity index (χ3n) is 4.41. The van der Waals surface area contributed by atoms with Crippen LogP contribution in [0, 0.1) is 5.82 Å². The molecule has 0 spiro atoms. The minimum absolute atomic E-state index is 0.0369. The Morgan fingerprint density at radius 2 is 1.80 bits per heavy atom. The second kappa shape index (κ2) is 6.64. The van der Waals surface area contributed by atoms with Crippen molar-refractivity contribution in [3.8, 4) is 11.4 Å². The van der Waals surface area contributed by atoms with Gasteiger partial charge in [-0.25, -0.2) is 9.37 Å². The predicted octanol–water partition coefficient (Wildman–Crippen LogP) is 2.70. The predicted molar refractivity (Wildman–Crippen MR) is 92.5 cm³/mol. The number of imidazole rings is 1.